The Morgan fingerprint density at radius 1 is 1.04 bits per heavy atom. The molecule has 2 aromatic rings. The second-order valence-corrected chi connectivity index (χ2v) is 6.60. The van der Waals surface area contributed by atoms with Crippen molar-refractivity contribution in [2.75, 3.05) is 5.32 Å². The van der Waals surface area contributed by atoms with Crippen molar-refractivity contribution in [3.05, 3.63) is 65.0 Å². The third kappa shape index (κ3) is 4.76. The molecular weight excluding hydrogens is 307 g/mol. The first-order valence-electron chi connectivity index (χ1n) is 7.77. The van der Waals surface area contributed by atoms with Crippen LogP contribution in [0.1, 0.15) is 36.6 Å². The molecule has 0 saturated heterocycles. The average Bonchev–Trinajstić information content (AvgIpc) is 2.48. The molecule has 4 heteroatoms. The Morgan fingerprint density at radius 2 is 1.70 bits per heavy atom. The third-order valence-corrected chi connectivity index (χ3v) is 4.04. The van der Waals surface area contributed by atoms with Crippen molar-refractivity contribution in [2.45, 2.75) is 33.7 Å². The molecule has 0 fully saturated rings. The molecule has 0 spiro atoms. The van der Waals surface area contributed by atoms with E-state index in [0.29, 0.717) is 11.0 Å². The molecule has 23 heavy (non-hydrogen) atoms. The zero-order valence-corrected chi connectivity index (χ0v) is 14.8. The van der Waals surface area contributed by atoms with E-state index in [-0.39, 0.29) is 11.9 Å². The standard InChI is InChI=1S/C19H23FN2S/c1-12(2)18(17-10-5-13(3)11-14(17)4)22-19(23)21-16-8-6-15(20)7-9-16/h5-12,18H,1-4H3,(H2,21,22,23)/t18-/m0/s1. The van der Waals surface area contributed by atoms with Gasteiger partial charge in [0.2, 0.25) is 0 Å². The van der Waals surface area contributed by atoms with Gasteiger partial charge in [0.15, 0.2) is 5.11 Å². The first kappa shape index (κ1) is 17.4. The summed E-state index contributed by atoms with van der Waals surface area (Å²) in [5.74, 6) is 0.120. The molecule has 0 amide bonds. The fourth-order valence-electron chi connectivity index (χ4n) is 2.62. The first-order chi connectivity index (χ1) is 10.9. The Morgan fingerprint density at radius 3 is 2.26 bits per heavy atom. The van der Waals surface area contributed by atoms with E-state index in [1.807, 2.05) is 0 Å². The van der Waals surface area contributed by atoms with E-state index < -0.39 is 0 Å². The molecular formula is C19H23FN2S. The van der Waals surface area contributed by atoms with E-state index in [4.69, 9.17) is 12.2 Å². The van der Waals surface area contributed by atoms with Crippen molar-refractivity contribution in [1.29, 1.82) is 0 Å². The van der Waals surface area contributed by atoms with E-state index in [0.717, 1.165) is 5.69 Å². The molecule has 0 bridgehead atoms. The van der Waals surface area contributed by atoms with Crippen LogP contribution in [-0.2, 0) is 0 Å². The van der Waals surface area contributed by atoms with E-state index in [2.05, 4.69) is 56.5 Å². The summed E-state index contributed by atoms with van der Waals surface area (Å²) in [5.41, 5.74) is 4.52. The van der Waals surface area contributed by atoms with Gasteiger partial charge in [-0.2, -0.15) is 0 Å². The molecule has 2 aromatic carbocycles. The summed E-state index contributed by atoms with van der Waals surface area (Å²) in [4.78, 5) is 0. The Bertz CT molecular complexity index is 680. The lowest BCUT2D eigenvalue weighted by molar-refractivity contribution is 0.471. The predicted molar refractivity (Wildman–Crippen MR) is 99.3 cm³/mol. The lowest BCUT2D eigenvalue weighted by Gasteiger charge is -2.26. The fraction of sp³-hybridized carbons (Fsp3) is 0.316. The summed E-state index contributed by atoms with van der Waals surface area (Å²) in [7, 11) is 0. The Kier molecular flexibility index (Phi) is 5.72. The van der Waals surface area contributed by atoms with Crippen LogP contribution in [0, 0.1) is 25.6 Å². The fourth-order valence-corrected chi connectivity index (χ4v) is 2.86. The van der Waals surface area contributed by atoms with Crippen molar-refractivity contribution in [3.63, 3.8) is 0 Å². The largest absolute Gasteiger partial charge is 0.355 e. The highest BCUT2D eigenvalue weighted by molar-refractivity contribution is 7.80. The first-order valence-corrected chi connectivity index (χ1v) is 8.18. The summed E-state index contributed by atoms with van der Waals surface area (Å²) in [6.45, 7) is 8.54. The number of aryl methyl sites for hydroxylation is 2. The Balaban J connectivity index is 2.12. The maximum Gasteiger partial charge on any atom is 0.171 e. The van der Waals surface area contributed by atoms with Gasteiger partial charge in [0.05, 0.1) is 6.04 Å². The summed E-state index contributed by atoms with van der Waals surface area (Å²) >= 11 is 5.42. The van der Waals surface area contributed by atoms with Gasteiger partial charge < -0.3 is 10.6 Å². The van der Waals surface area contributed by atoms with Crippen LogP contribution in [0.25, 0.3) is 0 Å². The van der Waals surface area contributed by atoms with Crippen molar-refractivity contribution >= 4 is 23.0 Å². The molecule has 2 nitrogen and oxygen atoms in total. The summed E-state index contributed by atoms with van der Waals surface area (Å²) < 4.78 is 13.0. The van der Waals surface area contributed by atoms with Crippen molar-refractivity contribution in [1.82, 2.24) is 5.32 Å². The number of thiocarbonyl (C=S) groups is 1. The van der Waals surface area contributed by atoms with Crippen LogP contribution in [0.2, 0.25) is 0 Å². The van der Waals surface area contributed by atoms with Gasteiger partial charge in [-0.1, -0.05) is 37.6 Å². The van der Waals surface area contributed by atoms with Crippen molar-refractivity contribution < 1.29 is 4.39 Å². The molecule has 122 valence electrons. The van der Waals surface area contributed by atoms with Gasteiger partial charge in [0.25, 0.3) is 0 Å². The lowest BCUT2D eigenvalue weighted by atomic mass is 9.92. The summed E-state index contributed by atoms with van der Waals surface area (Å²) in [6, 6.07) is 12.7. The van der Waals surface area contributed by atoms with E-state index in [9.17, 15) is 4.39 Å². The molecule has 2 rings (SSSR count). The van der Waals surface area contributed by atoms with Crippen LogP contribution >= 0.6 is 12.2 Å². The topological polar surface area (TPSA) is 24.1 Å². The lowest BCUT2D eigenvalue weighted by Crippen LogP contribution is -2.35. The van der Waals surface area contributed by atoms with Crippen molar-refractivity contribution in [3.8, 4) is 0 Å². The van der Waals surface area contributed by atoms with Crippen LogP contribution in [0.3, 0.4) is 0 Å². The maximum absolute atomic E-state index is 13.0. The van der Waals surface area contributed by atoms with Gasteiger partial charge in [-0.3, -0.25) is 0 Å². The normalized spacial score (nSPS) is 12.1. The smallest absolute Gasteiger partial charge is 0.171 e. The monoisotopic (exact) mass is 330 g/mol. The molecule has 0 aliphatic carbocycles. The minimum atomic E-state index is -0.259. The molecule has 0 radical (unpaired) electrons. The second kappa shape index (κ2) is 7.55. The van der Waals surface area contributed by atoms with Crippen LogP contribution in [0.5, 0.6) is 0 Å². The molecule has 0 aliphatic rings. The Labute approximate surface area is 143 Å². The SMILES string of the molecule is Cc1ccc([C@@H](NC(=S)Nc2ccc(F)cc2)C(C)C)c(C)c1. The van der Waals surface area contributed by atoms with E-state index in [1.54, 1.807) is 12.1 Å². The minimum absolute atomic E-state index is 0.121. The number of anilines is 1. The number of hydrogen-bond donors (Lipinski definition) is 2. The van der Waals surface area contributed by atoms with Gasteiger partial charge >= 0.3 is 0 Å². The second-order valence-electron chi connectivity index (χ2n) is 6.19. The third-order valence-electron chi connectivity index (χ3n) is 3.82. The molecule has 0 aliphatic heterocycles. The zero-order valence-electron chi connectivity index (χ0n) is 14.0. The number of hydrogen-bond acceptors (Lipinski definition) is 1. The number of benzene rings is 2. The van der Waals surface area contributed by atoms with Gasteiger partial charge in [-0.05, 0) is 67.4 Å². The highest BCUT2D eigenvalue weighted by Crippen LogP contribution is 2.25. The number of halogens is 1. The average molecular weight is 330 g/mol. The van der Waals surface area contributed by atoms with Gasteiger partial charge in [-0.15, -0.1) is 0 Å². The number of nitrogens with one attached hydrogen (secondary N) is 2. The Hall–Kier alpha value is -1.94. The van der Waals surface area contributed by atoms with E-state index >= 15 is 0 Å². The number of rotatable bonds is 4. The zero-order chi connectivity index (χ0) is 17.0. The van der Waals surface area contributed by atoms with Crippen LogP contribution < -0.4 is 10.6 Å². The maximum atomic E-state index is 13.0. The van der Waals surface area contributed by atoms with Crippen molar-refractivity contribution in [2.24, 2.45) is 5.92 Å². The molecule has 2 N–H and O–H groups in total. The highest BCUT2D eigenvalue weighted by atomic mass is 32.1. The van der Waals surface area contributed by atoms with Gasteiger partial charge in [-0.25, -0.2) is 4.39 Å². The molecule has 0 unspecified atom stereocenters. The molecule has 0 aromatic heterocycles. The highest BCUT2D eigenvalue weighted by Gasteiger charge is 2.18. The molecule has 0 saturated carbocycles. The quantitative estimate of drug-likeness (QED) is 0.760. The van der Waals surface area contributed by atoms with Crippen LogP contribution in [0.15, 0.2) is 42.5 Å². The van der Waals surface area contributed by atoms with Gasteiger partial charge in [0, 0.05) is 5.69 Å². The summed E-state index contributed by atoms with van der Waals surface area (Å²) in [5, 5.41) is 7.03. The predicted octanol–water partition coefficient (Wildman–Crippen LogP) is 5.13. The molecule has 0 heterocycles. The minimum Gasteiger partial charge on any atom is -0.355 e. The van der Waals surface area contributed by atoms with Crippen LogP contribution in [-0.4, -0.2) is 5.11 Å². The molecule has 1 atom stereocenters. The van der Waals surface area contributed by atoms with Crippen LogP contribution in [0.4, 0.5) is 10.1 Å². The summed E-state index contributed by atoms with van der Waals surface area (Å²) in [6.07, 6.45) is 0. The van der Waals surface area contributed by atoms with Gasteiger partial charge in [0.1, 0.15) is 5.82 Å². The van der Waals surface area contributed by atoms with E-state index in [1.165, 1.54) is 28.8 Å².